The van der Waals surface area contributed by atoms with Crippen LogP contribution in [0.15, 0.2) is 18.2 Å². The van der Waals surface area contributed by atoms with Gasteiger partial charge in [0.15, 0.2) is 0 Å². The van der Waals surface area contributed by atoms with E-state index in [0.717, 1.165) is 31.0 Å². The Labute approximate surface area is 155 Å². The van der Waals surface area contributed by atoms with E-state index < -0.39 is 18.3 Å². The second-order valence-electron chi connectivity index (χ2n) is 6.08. The summed E-state index contributed by atoms with van der Waals surface area (Å²) in [5.74, 6) is 1.73. The number of ether oxygens (including phenoxy) is 2. The van der Waals surface area contributed by atoms with E-state index in [4.69, 9.17) is 4.74 Å². The third kappa shape index (κ3) is 4.32. The van der Waals surface area contributed by atoms with Crippen molar-refractivity contribution < 1.29 is 23.5 Å². The number of hydrogen-bond donors (Lipinski definition) is 1. The maximum Gasteiger partial charge on any atom is 0.414 e. The van der Waals surface area contributed by atoms with Gasteiger partial charge in [0.25, 0.3) is 0 Å². The molecule has 0 radical (unpaired) electrons. The van der Waals surface area contributed by atoms with E-state index in [1.807, 2.05) is 16.7 Å². The predicted molar refractivity (Wildman–Crippen MR) is 98.6 cm³/mol. The molecule has 142 valence electrons. The fourth-order valence-corrected chi connectivity index (χ4v) is 3.90. The average molecular weight is 383 g/mol. The number of amides is 2. The van der Waals surface area contributed by atoms with Crippen molar-refractivity contribution in [1.29, 1.82) is 0 Å². The molecule has 2 heterocycles. The molecule has 2 fully saturated rings. The summed E-state index contributed by atoms with van der Waals surface area (Å²) in [4.78, 5) is 26.6. The van der Waals surface area contributed by atoms with Crippen molar-refractivity contribution in [2.24, 2.45) is 0 Å². The number of nitrogens with zero attached hydrogens (tertiary/aromatic N) is 2. The average Bonchev–Trinajstić information content (AvgIpc) is 2.83. The van der Waals surface area contributed by atoms with Crippen molar-refractivity contribution in [2.45, 2.75) is 12.5 Å². The Morgan fingerprint density at radius 1 is 1.42 bits per heavy atom. The molecular weight excluding hydrogens is 361 g/mol. The van der Waals surface area contributed by atoms with Gasteiger partial charge in [0.2, 0.25) is 0 Å². The van der Waals surface area contributed by atoms with Crippen LogP contribution in [0, 0.1) is 5.82 Å². The van der Waals surface area contributed by atoms with Gasteiger partial charge in [-0.2, -0.15) is 11.8 Å². The lowest BCUT2D eigenvalue weighted by molar-refractivity contribution is 0.132. The molecule has 0 aromatic heterocycles. The zero-order chi connectivity index (χ0) is 18.5. The van der Waals surface area contributed by atoms with Crippen molar-refractivity contribution in [1.82, 2.24) is 5.32 Å². The maximum absolute atomic E-state index is 14.6. The van der Waals surface area contributed by atoms with E-state index in [9.17, 15) is 14.0 Å². The van der Waals surface area contributed by atoms with Crippen LogP contribution < -0.4 is 15.1 Å². The molecule has 1 N–H and O–H groups in total. The van der Waals surface area contributed by atoms with Gasteiger partial charge in [-0.05, 0) is 30.4 Å². The number of rotatable bonds is 4. The Morgan fingerprint density at radius 2 is 2.27 bits per heavy atom. The lowest BCUT2D eigenvalue weighted by Crippen LogP contribution is -2.34. The molecule has 0 spiro atoms. The third-order valence-electron chi connectivity index (χ3n) is 4.34. The molecule has 1 aromatic carbocycles. The number of benzene rings is 1. The van der Waals surface area contributed by atoms with Crippen LogP contribution in [0.1, 0.15) is 6.42 Å². The molecule has 26 heavy (non-hydrogen) atoms. The number of carbonyl (C=O) groups excluding carboxylic acids is 2. The van der Waals surface area contributed by atoms with Crippen molar-refractivity contribution in [3.8, 4) is 0 Å². The van der Waals surface area contributed by atoms with E-state index in [1.54, 1.807) is 12.1 Å². The van der Waals surface area contributed by atoms with Gasteiger partial charge in [-0.1, -0.05) is 0 Å². The van der Waals surface area contributed by atoms with Gasteiger partial charge in [-0.25, -0.2) is 14.0 Å². The number of carbonyl (C=O) groups is 2. The van der Waals surface area contributed by atoms with Crippen LogP contribution >= 0.6 is 11.8 Å². The molecule has 1 aromatic rings. The summed E-state index contributed by atoms with van der Waals surface area (Å²) in [5.41, 5.74) is 1.01. The molecular formula is C17H22FN3O4S. The van der Waals surface area contributed by atoms with Crippen LogP contribution in [-0.4, -0.2) is 63.1 Å². The summed E-state index contributed by atoms with van der Waals surface area (Å²) in [6, 6.07) is 4.81. The SMILES string of the molecule is COC(=O)NCC1CN(c2ccc(N3CCCSCC3)c(F)c2)C(=O)O1. The summed E-state index contributed by atoms with van der Waals surface area (Å²) < 4.78 is 24.3. The van der Waals surface area contributed by atoms with Gasteiger partial charge in [0.1, 0.15) is 11.9 Å². The molecule has 7 nitrogen and oxygen atoms in total. The lowest BCUT2D eigenvalue weighted by atomic mass is 10.2. The van der Waals surface area contributed by atoms with Gasteiger partial charge in [-0.15, -0.1) is 0 Å². The number of anilines is 2. The molecule has 9 heteroatoms. The van der Waals surface area contributed by atoms with Gasteiger partial charge in [-0.3, -0.25) is 4.90 Å². The van der Waals surface area contributed by atoms with E-state index in [2.05, 4.69) is 10.1 Å². The minimum atomic E-state index is -0.592. The minimum Gasteiger partial charge on any atom is -0.453 e. The molecule has 1 atom stereocenters. The number of nitrogens with one attached hydrogen (secondary N) is 1. The topological polar surface area (TPSA) is 71.1 Å². The summed E-state index contributed by atoms with van der Waals surface area (Å²) in [5, 5.41) is 2.49. The molecule has 0 saturated carbocycles. The Bertz CT molecular complexity index is 667. The summed E-state index contributed by atoms with van der Waals surface area (Å²) in [6.07, 6.45) is -0.628. The van der Waals surface area contributed by atoms with Gasteiger partial charge >= 0.3 is 12.2 Å². The molecule has 2 amide bonds. The molecule has 2 aliphatic heterocycles. The Balaban J connectivity index is 1.66. The van der Waals surface area contributed by atoms with E-state index in [0.29, 0.717) is 11.4 Å². The largest absolute Gasteiger partial charge is 0.453 e. The van der Waals surface area contributed by atoms with Gasteiger partial charge in [0.05, 0.1) is 31.6 Å². The zero-order valence-corrected chi connectivity index (χ0v) is 15.4. The van der Waals surface area contributed by atoms with Crippen LogP contribution in [0.5, 0.6) is 0 Å². The molecule has 2 saturated heterocycles. The Kier molecular flexibility index (Phi) is 6.08. The first-order valence-electron chi connectivity index (χ1n) is 8.50. The number of methoxy groups -OCH3 is 1. The number of halogens is 1. The summed E-state index contributed by atoms with van der Waals surface area (Å²) in [6.45, 7) is 2.02. The highest BCUT2D eigenvalue weighted by atomic mass is 32.2. The van der Waals surface area contributed by atoms with E-state index in [1.165, 1.54) is 18.1 Å². The maximum atomic E-state index is 14.6. The van der Waals surface area contributed by atoms with Crippen molar-refractivity contribution in [3.63, 3.8) is 0 Å². The fraction of sp³-hybridized carbons (Fsp3) is 0.529. The number of hydrogen-bond acceptors (Lipinski definition) is 6. The number of thioether (sulfide) groups is 1. The van der Waals surface area contributed by atoms with Crippen LogP contribution in [-0.2, 0) is 9.47 Å². The van der Waals surface area contributed by atoms with Crippen molar-refractivity contribution in [3.05, 3.63) is 24.0 Å². The summed E-state index contributed by atoms with van der Waals surface area (Å²) >= 11 is 1.88. The molecule has 0 aliphatic carbocycles. The van der Waals surface area contributed by atoms with Crippen LogP contribution in [0.4, 0.5) is 25.4 Å². The fourth-order valence-electron chi connectivity index (χ4n) is 3.02. The highest BCUT2D eigenvalue weighted by Crippen LogP contribution is 2.29. The molecule has 1 unspecified atom stereocenters. The minimum absolute atomic E-state index is 0.140. The van der Waals surface area contributed by atoms with Gasteiger partial charge < -0.3 is 19.7 Å². The van der Waals surface area contributed by atoms with Crippen LogP contribution in [0.3, 0.4) is 0 Å². The smallest absolute Gasteiger partial charge is 0.414 e. The first-order valence-corrected chi connectivity index (χ1v) is 9.66. The first kappa shape index (κ1) is 18.6. The van der Waals surface area contributed by atoms with E-state index in [-0.39, 0.29) is 18.9 Å². The van der Waals surface area contributed by atoms with Gasteiger partial charge in [0, 0.05) is 18.8 Å². The predicted octanol–water partition coefficient (Wildman–Crippen LogP) is 2.45. The van der Waals surface area contributed by atoms with Crippen molar-refractivity contribution in [2.75, 3.05) is 54.6 Å². The first-order chi connectivity index (χ1) is 12.6. The van der Waals surface area contributed by atoms with E-state index >= 15 is 0 Å². The normalized spacial score (nSPS) is 20.5. The lowest BCUT2D eigenvalue weighted by Gasteiger charge is -2.24. The number of cyclic esters (lactones) is 1. The molecule has 3 rings (SSSR count). The summed E-state index contributed by atoms with van der Waals surface area (Å²) in [7, 11) is 1.26. The monoisotopic (exact) mass is 383 g/mol. The third-order valence-corrected chi connectivity index (χ3v) is 5.39. The number of alkyl carbamates (subject to hydrolysis) is 1. The molecule has 2 aliphatic rings. The van der Waals surface area contributed by atoms with Crippen LogP contribution in [0.2, 0.25) is 0 Å². The Hall–Kier alpha value is -2.16. The van der Waals surface area contributed by atoms with Crippen LogP contribution in [0.25, 0.3) is 0 Å². The quantitative estimate of drug-likeness (QED) is 0.861. The highest BCUT2D eigenvalue weighted by molar-refractivity contribution is 7.99. The standard InChI is InChI=1S/C17H22FN3O4S/c1-24-16(22)19-10-13-11-21(17(23)25-13)12-3-4-15(14(18)9-12)20-5-2-7-26-8-6-20/h3-4,9,13H,2,5-8,10-11H2,1H3,(H,19,22). The Morgan fingerprint density at radius 3 is 3.04 bits per heavy atom. The second-order valence-corrected chi connectivity index (χ2v) is 7.30. The molecule has 0 bridgehead atoms. The highest BCUT2D eigenvalue weighted by Gasteiger charge is 2.33. The van der Waals surface area contributed by atoms with Crippen molar-refractivity contribution >= 4 is 35.3 Å². The second kappa shape index (κ2) is 8.48. The zero-order valence-electron chi connectivity index (χ0n) is 14.6.